The number of anilines is 1. The number of nitrogens with one attached hydrogen (secondary N) is 1. The van der Waals surface area contributed by atoms with E-state index >= 15 is 0 Å². The normalized spacial score (nSPS) is 10.5. The molecule has 0 aliphatic carbocycles. The molecule has 0 saturated heterocycles. The van der Waals surface area contributed by atoms with Crippen LogP contribution in [0.15, 0.2) is 24.3 Å². The number of aromatic carboxylic acids is 1. The van der Waals surface area contributed by atoms with Crippen LogP contribution in [0, 0.1) is 6.92 Å². The maximum atomic E-state index is 12.4. The van der Waals surface area contributed by atoms with E-state index in [1.165, 1.54) is 11.3 Å². The van der Waals surface area contributed by atoms with E-state index in [1.807, 2.05) is 13.8 Å². The fourth-order valence-corrected chi connectivity index (χ4v) is 3.57. The predicted molar refractivity (Wildman–Crippen MR) is 97.2 cm³/mol. The van der Waals surface area contributed by atoms with Crippen LogP contribution in [0.5, 0.6) is 5.75 Å². The second-order valence-electron chi connectivity index (χ2n) is 5.32. The zero-order chi connectivity index (χ0) is 18.4. The highest BCUT2D eigenvalue weighted by atomic mass is 32.1. The highest BCUT2D eigenvalue weighted by Crippen LogP contribution is 2.33. The highest BCUT2D eigenvalue weighted by molar-refractivity contribution is 7.16. The van der Waals surface area contributed by atoms with Crippen molar-refractivity contribution in [2.75, 3.05) is 25.6 Å². The van der Waals surface area contributed by atoms with Crippen molar-refractivity contribution in [3.05, 3.63) is 45.8 Å². The number of carboxylic acids is 1. The van der Waals surface area contributed by atoms with Gasteiger partial charge in [0.1, 0.15) is 17.4 Å². The number of rotatable bonds is 8. The number of benzene rings is 1. The molecule has 0 saturated carbocycles. The van der Waals surface area contributed by atoms with Gasteiger partial charge in [-0.3, -0.25) is 4.79 Å². The summed E-state index contributed by atoms with van der Waals surface area (Å²) < 4.78 is 10.4. The molecule has 1 aromatic heterocycles. The summed E-state index contributed by atoms with van der Waals surface area (Å²) in [4.78, 5) is 24.8. The summed E-state index contributed by atoms with van der Waals surface area (Å²) >= 11 is 1.28. The minimum atomic E-state index is -1.03. The topological polar surface area (TPSA) is 84.9 Å². The van der Waals surface area contributed by atoms with Crippen molar-refractivity contribution in [1.29, 1.82) is 0 Å². The van der Waals surface area contributed by atoms with Crippen LogP contribution in [0.3, 0.4) is 0 Å². The molecule has 0 aliphatic rings. The average molecular weight is 363 g/mol. The molecule has 0 fully saturated rings. The number of methoxy groups -OCH3 is 1. The van der Waals surface area contributed by atoms with Crippen molar-refractivity contribution < 1.29 is 24.2 Å². The zero-order valence-electron chi connectivity index (χ0n) is 14.4. The Labute approximate surface area is 150 Å². The first kappa shape index (κ1) is 19.0. The van der Waals surface area contributed by atoms with Crippen LogP contribution >= 0.6 is 11.3 Å². The van der Waals surface area contributed by atoms with Gasteiger partial charge in [-0.15, -0.1) is 11.3 Å². The maximum absolute atomic E-state index is 12.4. The molecule has 2 aromatic rings. The number of carbonyl (C=O) groups excluding carboxylic acids is 1. The molecule has 7 heteroatoms. The molecule has 0 aliphatic heterocycles. The van der Waals surface area contributed by atoms with Gasteiger partial charge in [0.2, 0.25) is 0 Å². The Hall–Kier alpha value is -2.38. The van der Waals surface area contributed by atoms with Crippen molar-refractivity contribution in [2.45, 2.75) is 20.3 Å². The molecule has 0 bridgehead atoms. The SMILES string of the molecule is CCc1c(C)sc(NC(=O)c2ccc(OCCOC)cc2)c1C(=O)O. The van der Waals surface area contributed by atoms with Gasteiger partial charge in [0.05, 0.1) is 12.2 Å². The monoisotopic (exact) mass is 363 g/mol. The quantitative estimate of drug-likeness (QED) is 0.700. The number of carbonyl (C=O) groups is 2. The Bertz CT molecular complexity index is 752. The van der Waals surface area contributed by atoms with E-state index in [0.717, 1.165) is 10.4 Å². The van der Waals surface area contributed by atoms with Crippen LogP contribution in [0.4, 0.5) is 5.00 Å². The fraction of sp³-hybridized carbons (Fsp3) is 0.333. The van der Waals surface area contributed by atoms with E-state index in [0.29, 0.717) is 35.9 Å². The van der Waals surface area contributed by atoms with Gasteiger partial charge in [0.25, 0.3) is 5.91 Å². The third kappa shape index (κ3) is 4.58. The second-order valence-corrected chi connectivity index (χ2v) is 6.54. The van der Waals surface area contributed by atoms with Gasteiger partial charge in [-0.05, 0) is 43.2 Å². The van der Waals surface area contributed by atoms with Crippen LogP contribution < -0.4 is 10.1 Å². The minimum Gasteiger partial charge on any atom is -0.491 e. The van der Waals surface area contributed by atoms with E-state index in [1.54, 1.807) is 31.4 Å². The summed E-state index contributed by atoms with van der Waals surface area (Å²) in [7, 11) is 1.60. The molecule has 1 amide bonds. The van der Waals surface area contributed by atoms with E-state index < -0.39 is 5.97 Å². The summed E-state index contributed by atoms with van der Waals surface area (Å²) in [5.41, 5.74) is 1.37. The van der Waals surface area contributed by atoms with Gasteiger partial charge in [-0.2, -0.15) is 0 Å². The average Bonchev–Trinajstić information content (AvgIpc) is 2.91. The Morgan fingerprint density at radius 2 is 1.88 bits per heavy atom. The summed E-state index contributed by atoms with van der Waals surface area (Å²) in [5.74, 6) is -0.742. The van der Waals surface area contributed by atoms with Crippen LogP contribution in [-0.2, 0) is 11.2 Å². The first-order valence-electron chi connectivity index (χ1n) is 7.86. The van der Waals surface area contributed by atoms with Crippen molar-refractivity contribution in [3.63, 3.8) is 0 Å². The predicted octanol–water partition coefficient (Wildman–Crippen LogP) is 3.59. The van der Waals surface area contributed by atoms with Crippen molar-refractivity contribution in [3.8, 4) is 5.75 Å². The van der Waals surface area contributed by atoms with Crippen LogP contribution in [0.25, 0.3) is 0 Å². The number of hydrogen-bond acceptors (Lipinski definition) is 5. The lowest BCUT2D eigenvalue weighted by Gasteiger charge is -2.07. The minimum absolute atomic E-state index is 0.179. The van der Waals surface area contributed by atoms with Crippen molar-refractivity contribution in [2.24, 2.45) is 0 Å². The molecule has 2 rings (SSSR count). The van der Waals surface area contributed by atoms with Gasteiger partial charge in [0, 0.05) is 17.6 Å². The third-order valence-corrected chi connectivity index (χ3v) is 4.74. The molecule has 0 spiro atoms. The van der Waals surface area contributed by atoms with E-state index in [-0.39, 0.29) is 11.5 Å². The first-order valence-corrected chi connectivity index (χ1v) is 8.68. The number of aryl methyl sites for hydroxylation is 1. The summed E-state index contributed by atoms with van der Waals surface area (Å²) in [5, 5.41) is 12.5. The first-order chi connectivity index (χ1) is 12.0. The Balaban J connectivity index is 2.13. The smallest absolute Gasteiger partial charge is 0.339 e. The Kier molecular flexibility index (Phi) is 6.55. The summed E-state index contributed by atoms with van der Waals surface area (Å²) in [6.45, 7) is 4.67. The molecule has 0 atom stereocenters. The standard InChI is InChI=1S/C18H21NO5S/c1-4-14-11(2)25-17(15(14)18(21)22)19-16(20)12-5-7-13(8-6-12)24-10-9-23-3/h5-8H,4,9-10H2,1-3H3,(H,19,20)(H,21,22). The Morgan fingerprint density at radius 3 is 2.44 bits per heavy atom. The molecule has 1 heterocycles. The molecule has 134 valence electrons. The van der Waals surface area contributed by atoms with Gasteiger partial charge in [0.15, 0.2) is 0 Å². The highest BCUT2D eigenvalue weighted by Gasteiger charge is 2.22. The van der Waals surface area contributed by atoms with E-state index in [9.17, 15) is 14.7 Å². The maximum Gasteiger partial charge on any atom is 0.339 e. The summed E-state index contributed by atoms with van der Waals surface area (Å²) in [6, 6.07) is 6.66. The number of hydrogen-bond donors (Lipinski definition) is 2. The number of carboxylic acid groups (broad SMARTS) is 1. The lowest BCUT2D eigenvalue weighted by Crippen LogP contribution is -2.14. The zero-order valence-corrected chi connectivity index (χ0v) is 15.2. The molecular formula is C18H21NO5S. The van der Waals surface area contributed by atoms with Crippen molar-refractivity contribution in [1.82, 2.24) is 0 Å². The fourth-order valence-electron chi connectivity index (χ4n) is 2.44. The van der Waals surface area contributed by atoms with E-state index in [4.69, 9.17) is 9.47 Å². The Morgan fingerprint density at radius 1 is 1.20 bits per heavy atom. The van der Waals surface area contributed by atoms with Crippen molar-refractivity contribution >= 4 is 28.2 Å². The van der Waals surface area contributed by atoms with Gasteiger partial charge in [-0.25, -0.2) is 4.79 Å². The summed E-state index contributed by atoms with van der Waals surface area (Å²) in [6.07, 6.45) is 0.605. The van der Waals surface area contributed by atoms with Gasteiger partial charge in [-0.1, -0.05) is 6.92 Å². The number of amides is 1. The largest absolute Gasteiger partial charge is 0.491 e. The van der Waals surface area contributed by atoms with Crippen LogP contribution in [0.2, 0.25) is 0 Å². The van der Waals surface area contributed by atoms with Crippen LogP contribution in [0.1, 0.15) is 38.1 Å². The molecule has 1 aromatic carbocycles. The van der Waals surface area contributed by atoms with Gasteiger partial charge >= 0.3 is 5.97 Å². The number of thiophene rings is 1. The third-order valence-electron chi connectivity index (χ3n) is 3.68. The second kappa shape index (κ2) is 8.64. The molecular weight excluding hydrogens is 342 g/mol. The van der Waals surface area contributed by atoms with E-state index in [2.05, 4.69) is 5.32 Å². The number of ether oxygens (including phenoxy) is 2. The lowest BCUT2D eigenvalue weighted by molar-refractivity contribution is 0.0697. The molecule has 0 unspecified atom stereocenters. The molecule has 0 radical (unpaired) electrons. The molecule has 6 nitrogen and oxygen atoms in total. The molecule has 2 N–H and O–H groups in total. The molecule has 25 heavy (non-hydrogen) atoms. The lowest BCUT2D eigenvalue weighted by atomic mass is 10.1. The van der Waals surface area contributed by atoms with Gasteiger partial charge < -0.3 is 19.9 Å². The van der Waals surface area contributed by atoms with Crippen LogP contribution in [-0.4, -0.2) is 37.3 Å².